The largest absolute Gasteiger partial charge is 0.317 e. The molecule has 0 spiro atoms. The smallest absolute Gasteiger partial charge is 0.150 e. The van der Waals surface area contributed by atoms with E-state index in [1.165, 1.54) is 0 Å². The van der Waals surface area contributed by atoms with E-state index in [1.807, 2.05) is 16.8 Å². The van der Waals surface area contributed by atoms with Gasteiger partial charge in [-0.05, 0) is 44.1 Å². The zero-order valence-corrected chi connectivity index (χ0v) is 9.47. The number of nitrogens with zero attached hydrogens (tertiary/aromatic N) is 3. The van der Waals surface area contributed by atoms with Gasteiger partial charge in [0, 0.05) is 5.56 Å². The predicted molar refractivity (Wildman–Crippen MR) is 64.1 cm³/mol. The minimum atomic E-state index is 0.420. The van der Waals surface area contributed by atoms with Crippen molar-refractivity contribution in [3.8, 4) is 0 Å². The number of aromatic nitrogens is 3. The number of carbonyl (C=O) groups is 1. The lowest BCUT2D eigenvalue weighted by Crippen LogP contribution is -2.29. The van der Waals surface area contributed by atoms with Gasteiger partial charge in [-0.2, -0.15) is 0 Å². The summed E-state index contributed by atoms with van der Waals surface area (Å²) >= 11 is 0. The van der Waals surface area contributed by atoms with Crippen LogP contribution in [0.3, 0.4) is 0 Å². The highest BCUT2D eigenvalue weighted by atomic mass is 16.1. The lowest BCUT2D eigenvalue weighted by atomic mass is 10.1. The molecule has 0 atom stereocenters. The Hall–Kier alpha value is -1.75. The van der Waals surface area contributed by atoms with Crippen LogP contribution in [0.15, 0.2) is 18.2 Å². The molecule has 0 amide bonds. The van der Waals surface area contributed by atoms with Gasteiger partial charge in [0.15, 0.2) is 0 Å². The van der Waals surface area contributed by atoms with Crippen molar-refractivity contribution < 1.29 is 4.79 Å². The molecule has 0 aliphatic carbocycles. The van der Waals surface area contributed by atoms with Gasteiger partial charge in [-0.25, -0.2) is 4.68 Å². The molecule has 1 aromatic heterocycles. The second-order valence-electron chi connectivity index (χ2n) is 4.38. The Kier molecular flexibility index (Phi) is 2.60. The van der Waals surface area contributed by atoms with Crippen molar-refractivity contribution in [1.82, 2.24) is 20.3 Å². The molecule has 0 saturated carbocycles. The minimum Gasteiger partial charge on any atom is -0.317 e. The van der Waals surface area contributed by atoms with Crippen LogP contribution in [0.25, 0.3) is 11.0 Å². The number of rotatable bonds is 2. The lowest BCUT2D eigenvalue weighted by molar-refractivity contribution is 0.112. The third kappa shape index (κ3) is 1.82. The number of hydrogen-bond donors (Lipinski definition) is 1. The first-order chi connectivity index (χ1) is 8.38. The summed E-state index contributed by atoms with van der Waals surface area (Å²) in [6, 6.07) is 5.95. The first-order valence-corrected chi connectivity index (χ1v) is 5.89. The van der Waals surface area contributed by atoms with Gasteiger partial charge < -0.3 is 5.32 Å². The summed E-state index contributed by atoms with van der Waals surface area (Å²) in [5.41, 5.74) is 2.46. The van der Waals surface area contributed by atoms with E-state index in [0.717, 1.165) is 43.3 Å². The van der Waals surface area contributed by atoms with Gasteiger partial charge in [0.25, 0.3) is 0 Å². The second-order valence-corrected chi connectivity index (χ2v) is 4.38. The fourth-order valence-corrected chi connectivity index (χ4v) is 2.35. The van der Waals surface area contributed by atoms with Crippen molar-refractivity contribution >= 4 is 17.3 Å². The minimum absolute atomic E-state index is 0.420. The molecule has 5 nitrogen and oxygen atoms in total. The van der Waals surface area contributed by atoms with E-state index < -0.39 is 0 Å². The van der Waals surface area contributed by atoms with Crippen molar-refractivity contribution in [2.75, 3.05) is 13.1 Å². The summed E-state index contributed by atoms with van der Waals surface area (Å²) in [7, 11) is 0. The Morgan fingerprint density at radius 1 is 1.35 bits per heavy atom. The van der Waals surface area contributed by atoms with E-state index in [-0.39, 0.29) is 0 Å². The van der Waals surface area contributed by atoms with E-state index in [0.29, 0.717) is 11.6 Å². The molecule has 2 heterocycles. The van der Waals surface area contributed by atoms with Crippen molar-refractivity contribution in [3.05, 3.63) is 23.8 Å². The molecule has 0 bridgehead atoms. The Balaban J connectivity index is 2.02. The van der Waals surface area contributed by atoms with E-state index in [2.05, 4.69) is 15.6 Å². The second kappa shape index (κ2) is 4.25. The van der Waals surface area contributed by atoms with E-state index in [1.54, 1.807) is 6.07 Å². The fraction of sp³-hybridized carbons (Fsp3) is 0.417. The third-order valence-electron chi connectivity index (χ3n) is 3.29. The molecule has 88 valence electrons. The number of nitrogens with one attached hydrogen (secondary N) is 1. The summed E-state index contributed by atoms with van der Waals surface area (Å²) in [5, 5.41) is 11.7. The number of hydrogen-bond acceptors (Lipinski definition) is 4. The quantitative estimate of drug-likeness (QED) is 0.787. The molecule has 5 heteroatoms. The third-order valence-corrected chi connectivity index (χ3v) is 3.29. The summed E-state index contributed by atoms with van der Waals surface area (Å²) in [4.78, 5) is 10.7. The van der Waals surface area contributed by atoms with Crippen LogP contribution in [0.4, 0.5) is 0 Å². The number of fused-ring (bicyclic) bond motifs is 1. The van der Waals surface area contributed by atoms with Crippen LogP contribution in [0.1, 0.15) is 29.2 Å². The van der Waals surface area contributed by atoms with Gasteiger partial charge in [0.05, 0.1) is 11.6 Å². The molecule has 0 unspecified atom stereocenters. The molecule has 1 fully saturated rings. The Bertz CT molecular complexity index is 542. The SMILES string of the molecule is O=Cc1ccc2c(c1)nnn2C1CCNCC1. The highest BCUT2D eigenvalue weighted by molar-refractivity contribution is 5.84. The number of piperidine rings is 1. The highest BCUT2D eigenvalue weighted by Crippen LogP contribution is 2.22. The van der Waals surface area contributed by atoms with Crippen molar-refractivity contribution in [2.24, 2.45) is 0 Å². The normalized spacial score (nSPS) is 17.4. The summed E-state index contributed by atoms with van der Waals surface area (Å²) < 4.78 is 1.99. The van der Waals surface area contributed by atoms with Crippen LogP contribution in [-0.4, -0.2) is 34.4 Å². The van der Waals surface area contributed by atoms with Crippen LogP contribution in [-0.2, 0) is 0 Å². The number of benzene rings is 1. The van der Waals surface area contributed by atoms with Crippen LogP contribution in [0.2, 0.25) is 0 Å². The molecular formula is C12H14N4O. The van der Waals surface area contributed by atoms with E-state index in [4.69, 9.17) is 0 Å². The van der Waals surface area contributed by atoms with Crippen LogP contribution >= 0.6 is 0 Å². The van der Waals surface area contributed by atoms with Gasteiger partial charge in [0.1, 0.15) is 11.8 Å². The molecule has 1 N–H and O–H groups in total. The zero-order valence-electron chi connectivity index (χ0n) is 9.47. The molecule has 1 aliphatic heterocycles. The highest BCUT2D eigenvalue weighted by Gasteiger charge is 2.18. The summed E-state index contributed by atoms with van der Waals surface area (Å²) in [6.07, 6.45) is 2.99. The molecule has 1 aliphatic rings. The Morgan fingerprint density at radius 2 is 2.18 bits per heavy atom. The predicted octanol–water partition coefficient (Wildman–Crippen LogP) is 1.17. The van der Waals surface area contributed by atoms with Gasteiger partial charge in [-0.1, -0.05) is 5.21 Å². The van der Waals surface area contributed by atoms with Gasteiger partial charge >= 0.3 is 0 Å². The van der Waals surface area contributed by atoms with Crippen molar-refractivity contribution in [2.45, 2.75) is 18.9 Å². The lowest BCUT2D eigenvalue weighted by Gasteiger charge is -2.22. The van der Waals surface area contributed by atoms with Crippen molar-refractivity contribution in [3.63, 3.8) is 0 Å². The Labute approximate surface area is 98.8 Å². The van der Waals surface area contributed by atoms with Gasteiger partial charge in [-0.3, -0.25) is 4.79 Å². The van der Waals surface area contributed by atoms with Crippen molar-refractivity contribution in [1.29, 1.82) is 0 Å². The van der Waals surface area contributed by atoms with Crippen LogP contribution < -0.4 is 5.32 Å². The summed E-state index contributed by atoms with van der Waals surface area (Å²) in [6.45, 7) is 2.05. The topological polar surface area (TPSA) is 59.8 Å². The van der Waals surface area contributed by atoms with E-state index >= 15 is 0 Å². The molecule has 1 aromatic carbocycles. The first kappa shape index (κ1) is 10.4. The van der Waals surface area contributed by atoms with Gasteiger partial charge in [-0.15, -0.1) is 5.10 Å². The standard InChI is InChI=1S/C12H14N4O/c17-8-9-1-2-12-11(7-9)14-15-16(12)10-3-5-13-6-4-10/h1-2,7-8,10,13H,3-6H2. The average molecular weight is 230 g/mol. The maximum atomic E-state index is 10.7. The maximum absolute atomic E-state index is 10.7. The molecule has 2 aromatic rings. The van der Waals surface area contributed by atoms with E-state index in [9.17, 15) is 4.79 Å². The van der Waals surface area contributed by atoms with Gasteiger partial charge in [0.2, 0.25) is 0 Å². The monoisotopic (exact) mass is 230 g/mol. The molecule has 17 heavy (non-hydrogen) atoms. The van der Waals surface area contributed by atoms with Crippen LogP contribution in [0, 0.1) is 0 Å². The summed E-state index contributed by atoms with van der Waals surface area (Å²) in [5.74, 6) is 0. The molecular weight excluding hydrogens is 216 g/mol. The zero-order chi connectivity index (χ0) is 11.7. The Morgan fingerprint density at radius 3 is 2.94 bits per heavy atom. The number of carbonyl (C=O) groups excluding carboxylic acids is 1. The van der Waals surface area contributed by atoms with Crippen LogP contribution in [0.5, 0.6) is 0 Å². The molecule has 1 saturated heterocycles. The maximum Gasteiger partial charge on any atom is 0.150 e. The molecule has 0 radical (unpaired) electrons. The average Bonchev–Trinajstić information content (AvgIpc) is 2.82. The fourth-order valence-electron chi connectivity index (χ4n) is 2.35. The first-order valence-electron chi connectivity index (χ1n) is 5.89. The number of aldehydes is 1. The molecule has 3 rings (SSSR count).